The molecule has 1 heterocycles. The highest BCUT2D eigenvalue weighted by molar-refractivity contribution is 5.27. The lowest BCUT2D eigenvalue weighted by Gasteiger charge is -2.19. The second-order valence-electron chi connectivity index (χ2n) is 6.21. The molecule has 3 heteroatoms. The van der Waals surface area contributed by atoms with Gasteiger partial charge < -0.3 is 5.73 Å². The Kier molecular flexibility index (Phi) is 3.76. The van der Waals surface area contributed by atoms with Crippen LogP contribution in [0.15, 0.2) is 36.7 Å². The van der Waals surface area contributed by atoms with Crippen LogP contribution in [0.25, 0.3) is 0 Å². The van der Waals surface area contributed by atoms with Crippen LogP contribution >= 0.6 is 0 Å². The summed E-state index contributed by atoms with van der Waals surface area (Å²) in [5, 5.41) is 4.34. The molecule has 2 rings (SSSR count). The maximum absolute atomic E-state index is 5.83. The van der Waals surface area contributed by atoms with E-state index in [-0.39, 0.29) is 11.5 Å². The zero-order valence-corrected chi connectivity index (χ0v) is 12.2. The maximum atomic E-state index is 5.83. The van der Waals surface area contributed by atoms with E-state index < -0.39 is 0 Å². The Hall–Kier alpha value is -1.61. The quantitative estimate of drug-likeness (QED) is 0.917. The average molecular weight is 257 g/mol. The third kappa shape index (κ3) is 3.44. The highest BCUT2D eigenvalue weighted by atomic mass is 15.3. The maximum Gasteiger partial charge on any atom is 0.0659 e. The average Bonchev–Trinajstić information content (AvgIpc) is 2.77. The minimum absolute atomic E-state index is 0.0389. The summed E-state index contributed by atoms with van der Waals surface area (Å²) in [7, 11) is 0. The summed E-state index contributed by atoms with van der Waals surface area (Å²) in [5.41, 5.74) is 9.72. The van der Waals surface area contributed by atoms with Gasteiger partial charge in [-0.1, -0.05) is 45.0 Å². The first-order chi connectivity index (χ1) is 8.86. The standard InChI is InChI=1S/C16H23N3/c1-12(17)14-9-18-19(11-14)10-13-5-7-15(8-6-13)16(2,3)4/h5-9,11-12H,10,17H2,1-4H3. The molecule has 3 nitrogen and oxygen atoms in total. The van der Waals surface area contributed by atoms with Crippen LogP contribution < -0.4 is 5.73 Å². The molecular weight excluding hydrogens is 234 g/mol. The molecule has 0 radical (unpaired) electrons. The van der Waals surface area contributed by atoms with Gasteiger partial charge in [0.2, 0.25) is 0 Å². The van der Waals surface area contributed by atoms with E-state index in [4.69, 9.17) is 5.73 Å². The predicted molar refractivity (Wildman–Crippen MR) is 79.1 cm³/mol. The van der Waals surface area contributed by atoms with Crippen molar-refractivity contribution >= 4 is 0 Å². The molecule has 0 aliphatic rings. The number of rotatable bonds is 3. The zero-order chi connectivity index (χ0) is 14.0. The number of nitrogens with zero attached hydrogens (tertiary/aromatic N) is 2. The van der Waals surface area contributed by atoms with Gasteiger partial charge in [-0.2, -0.15) is 5.10 Å². The van der Waals surface area contributed by atoms with Crippen molar-refractivity contribution in [3.8, 4) is 0 Å². The van der Waals surface area contributed by atoms with Gasteiger partial charge in [0, 0.05) is 17.8 Å². The van der Waals surface area contributed by atoms with Gasteiger partial charge in [0.15, 0.2) is 0 Å². The first kappa shape index (κ1) is 13.8. The zero-order valence-electron chi connectivity index (χ0n) is 12.2. The van der Waals surface area contributed by atoms with E-state index in [1.54, 1.807) is 0 Å². The molecule has 0 saturated carbocycles. The fourth-order valence-corrected chi connectivity index (χ4v) is 2.00. The summed E-state index contributed by atoms with van der Waals surface area (Å²) in [6, 6.07) is 8.79. The topological polar surface area (TPSA) is 43.8 Å². The second-order valence-corrected chi connectivity index (χ2v) is 6.21. The van der Waals surface area contributed by atoms with Crippen LogP contribution in [0.3, 0.4) is 0 Å². The Morgan fingerprint density at radius 1 is 1.21 bits per heavy atom. The van der Waals surface area contributed by atoms with E-state index in [1.165, 1.54) is 11.1 Å². The van der Waals surface area contributed by atoms with E-state index >= 15 is 0 Å². The molecule has 1 aromatic carbocycles. The van der Waals surface area contributed by atoms with Crippen molar-refractivity contribution in [3.05, 3.63) is 53.3 Å². The van der Waals surface area contributed by atoms with Crippen molar-refractivity contribution in [2.24, 2.45) is 5.73 Å². The van der Waals surface area contributed by atoms with E-state index in [0.29, 0.717) is 0 Å². The molecule has 2 N–H and O–H groups in total. The molecule has 102 valence electrons. The molecule has 0 bridgehead atoms. The highest BCUT2D eigenvalue weighted by Crippen LogP contribution is 2.22. The van der Waals surface area contributed by atoms with Crippen LogP contribution in [0, 0.1) is 0 Å². The Morgan fingerprint density at radius 2 is 1.84 bits per heavy atom. The van der Waals surface area contributed by atoms with Gasteiger partial charge in [0.05, 0.1) is 12.7 Å². The summed E-state index contributed by atoms with van der Waals surface area (Å²) >= 11 is 0. The number of nitrogens with two attached hydrogens (primary N) is 1. The summed E-state index contributed by atoms with van der Waals surface area (Å²) in [5.74, 6) is 0. The fourth-order valence-electron chi connectivity index (χ4n) is 2.00. The van der Waals surface area contributed by atoms with Gasteiger partial charge in [0.25, 0.3) is 0 Å². The fraction of sp³-hybridized carbons (Fsp3) is 0.438. The minimum atomic E-state index is 0.0389. The molecule has 2 aromatic rings. The third-order valence-electron chi connectivity index (χ3n) is 3.34. The Morgan fingerprint density at radius 3 is 2.32 bits per heavy atom. The molecule has 0 aliphatic carbocycles. The molecular formula is C16H23N3. The highest BCUT2D eigenvalue weighted by Gasteiger charge is 2.12. The number of hydrogen-bond donors (Lipinski definition) is 1. The Labute approximate surface area is 115 Å². The van der Waals surface area contributed by atoms with Gasteiger partial charge in [-0.25, -0.2) is 0 Å². The summed E-state index contributed by atoms with van der Waals surface area (Å²) in [6.45, 7) is 9.44. The molecule has 19 heavy (non-hydrogen) atoms. The van der Waals surface area contributed by atoms with Gasteiger partial charge >= 0.3 is 0 Å². The summed E-state index contributed by atoms with van der Waals surface area (Å²) < 4.78 is 1.94. The van der Waals surface area contributed by atoms with E-state index in [2.05, 4.69) is 50.1 Å². The molecule has 0 aliphatic heterocycles. The normalized spacial score (nSPS) is 13.5. The lowest BCUT2D eigenvalue weighted by Crippen LogP contribution is -2.11. The minimum Gasteiger partial charge on any atom is -0.324 e. The Bertz CT molecular complexity index is 530. The first-order valence-corrected chi connectivity index (χ1v) is 6.73. The van der Waals surface area contributed by atoms with E-state index in [0.717, 1.165) is 12.1 Å². The molecule has 0 spiro atoms. The molecule has 0 fully saturated rings. The summed E-state index contributed by atoms with van der Waals surface area (Å²) in [6.07, 6.45) is 3.86. The van der Waals surface area contributed by atoms with Crippen molar-refractivity contribution in [3.63, 3.8) is 0 Å². The smallest absolute Gasteiger partial charge is 0.0659 e. The molecule has 0 saturated heterocycles. The van der Waals surface area contributed by atoms with Crippen LogP contribution in [-0.2, 0) is 12.0 Å². The monoisotopic (exact) mass is 257 g/mol. The molecule has 1 aromatic heterocycles. The number of benzene rings is 1. The van der Waals surface area contributed by atoms with Crippen molar-refractivity contribution in [2.75, 3.05) is 0 Å². The third-order valence-corrected chi connectivity index (χ3v) is 3.34. The summed E-state index contributed by atoms with van der Waals surface area (Å²) in [4.78, 5) is 0. The second kappa shape index (κ2) is 5.17. The van der Waals surface area contributed by atoms with Crippen LogP contribution in [0.2, 0.25) is 0 Å². The predicted octanol–water partition coefficient (Wildman–Crippen LogP) is 3.25. The van der Waals surface area contributed by atoms with Crippen LogP contribution in [0.1, 0.15) is 50.4 Å². The van der Waals surface area contributed by atoms with Crippen molar-refractivity contribution in [2.45, 2.75) is 45.7 Å². The van der Waals surface area contributed by atoms with Crippen LogP contribution in [-0.4, -0.2) is 9.78 Å². The first-order valence-electron chi connectivity index (χ1n) is 6.73. The van der Waals surface area contributed by atoms with Gasteiger partial charge in [0.1, 0.15) is 0 Å². The van der Waals surface area contributed by atoms with Crippen molar-refractivity contribution < 1.29 is 0 Å². The van der Waals surface area contributed by atoms with Crippen molar-refractivity contribution in [1.82, 2.24) is 9.78 Å². The molecule has 0 amide bonds. The van der Waals surface area contributed by atoms with E-state index in [9.17, 15) is 0 Å². The van der Waals surface area contributed by atoms with Gasteiger partial charge in [-0.15, -0.1) is 0 Å². The molecule has 1 unspecified atom stereocenters. The van der Waals surface area contributed by atoms with Gasteiger partial charge in [-0.3, -0.25) is 4.68 Å². The lowest BCUT2D eigenvalue weighted by molar-refractivity contribution is 0.589. The molecule has 1 atom stereocenters. The van der Waals surface area contributed by atoms with E-state index in [1.807, 2.05) is 24.0 Å². The van der Waals surface area contributed by atoms with Crippen LogP contribution in [0.5, 0.6) is 0 Å². The number of hydrogen-bond acceptors (Lipinski definition) is 2. The SMILES string of the molecule is CC(N)c1cnn(Cc2ccc(C(C)(C)C)cc2)c1. The van der Waals surface area contributed by atoms with Gasteiger partial charge in [-0.05, 0) is 23.5 Å². The van der Waals surface area contributed by atoms with Crippen LogP contribution in [0.4, 0.5) is 0 Å². The largest absolute Gasteiger partial charge is 0.324 e. The lowest BCUT2D eigenvalue weighted by atomic mass is 9.87. The Balaban J connectivity index is 2.11. The van der Waals surface area contributed by atoms with Crippen molar-refractivity contribution in [1.29, 1.82) is 0 Å². The number of aromatic nitrogens is 2.